The van der Waals surface area contributed by atoms with E-state index in [0.717, 1.165) is 37.4 Å². The Balaban J connectivity index is 1.60. The third-order valence-electron chi connectivity index (χ3n) is 4.54. The fourth-order valence-electron chi connectivity index (χ4n) is 3.14. The summed E-state index contributed by atoms with van der Waals surface area (Å²) in [5, 5.41) is 3.00. The zero-order valence-corrected chi connectivity index (χ0v) is 14.7. The Morgan fingerprint density at radius 2 is 1.62 bits per heavy atom. The van der Waals surface area contributed by atoms with E-state index in [0.29, 0.717) is 0 Å². The normalized spacial score (nSPS) is 14.6. The van der Waals surface area contributed by atoms with Crippen LogP contribution in [0.25, 0.3) is 0 Å². The van der Waals surface area contributed by atoms with E-state index in [-0.39, 0.29) is 6.03 Å². The van der Waals surface area contributed by atoms with Gasteiger partial charge in [-0.2, -0.15) is 0 Å². The number of benzene rings is 2. The third-order valence-corrected chi connectivity index (χ3v) is 4.54. The molecule has 126 valence electrons. The minimum absolute atomic E-state index is 0.0128. The highest BCUT2D eigenvalue weighted by Gasteiger charge is 2.22. The maximum Gasteiger partial charge on any atom is 0.321 e. The molecule has 4 heteroatoms. The van der Waals surface area contributed by atoms with Gasteiger partial charge in [-0.15, -0.1) is 0 Å². The zero-order chi connectivity index (χ0) is 17.1. The number of amides is 2. The molecule has 24 heavy (non-hydrogen) atoms. The van der Waals surface area contributed by atoms with Gasteiger partial charge in [0.05, 0.1) is 0 Å². The van der Waals surface area contributed by atoms with Crippen LogP contribution in [-0.4, -0.2) is 37.1 Å². The highest BCUT2D eigenvalue weighted by atomic mass is 16.2. The van der Waals surface area contributed by atoms with Crippen molar-refractivity contribution in [3.8, 4) is 0 Å². The monoisotopic (exact) mass is 323 g/mol. The lowest BCUT2D eigenvalue weighted by molar-refractivity contribution is 0.208. The minimum atomic E-state index is -0.0128. The molecule has 2 aromatic rings. The molecule has 0 saturated carbocycles. The Labute approximate surface area is 144 Å². The highest BCUT2D eigenvalue weighted by Crippen LogP contribution is 2.23. The molecule has 0 radical (unpaired) electrons. The lowest BCUT2D eigenvalue weighted by Gasteiger charge is -2.37. The van der Waals surface area contributed by atoms with E-state index in [1.165, 1.54) is 16.8 Å². The van der Waals surface area contributed by atoms with Crippen molar-refractivity contribution in [1.29, 1.82) is 0 Å². The van der Waals surface area contributed by atoms with Crippen LogP contribution in [0.3, 0.4) is 0 Å². The summed E-state index contributed by atoms with van der Waals surface area (Å²) in [6.07, 6.45) is 0. The summed E-state index contributed by atoms with van der Waals surface area (Å²) in [7, 11) is 0. The molecule has 0 spiro atoms. The standard InChI is InChI=1S/C20H25N3O/c1-15-5-4-6-18(13-15)21-20(24)23-11-9-22(10-12-23)19-14-16(2)7-8-17(19)3/h4-8,13-14H,9-12H2,1-3H3,(H,21,24). The molecule has 2 amide bonds. The van der Waals surface area contributed by atoms with E-state index in [9.17, 15) is 4.79 Å². The quantitative estimate of drug-likeness (QED) is 0.908. The molecule has 1 fully saturated rings. The topological polar surface area (TPSA) is 35.6 Å². The first-order chi connectivity index (χ1) is 11.5. The number of urea groups is 1. The summed E-state index contributed by atoms with van der Waals surface area (Å²) < 4.78 is 0. The molecular formula is C20H25N3O. The summed E-state index contributed by atoms with van der Waals surface area (Å²) in [5.74, 6) is 0. The van der Waals surface area contributed by atoms with Gasteiger partial charge in [0, 0.05) is 37.6 Å². The number of hydrogen-bond donors (Lipinski definition) is 1. The van der Waals surface area contributed by atoms with Gasteiger partial charge in [-0.25, -0.2) is 4.79 Å². The predicted octanol–water partition coefficient (Wildman–Crippen LogP) is 3.97. The molecule has 0 bridgehead atoms. The first-order valence-electron chi connectivity index (χ1n) is 8.48. The van der Waals surface area contributed by atoms with Crippen LogP contribution in [0, 0.1) is 20.8 Å². The van der Waals surface area contributed by atoms with Crippen molar-refractivity contribution in [1.82, 2.24) is 4.90 Å². The summed E-state index contributed by atoms with van der Waals surface area (Å²) in [4.78, 5) is 16.7. The molecule has 1 aliphatic rings. The molecule has 1 N–H and O–H groups in total. The van der Waals surface area contributed by atoms with Crippen LogP contribution in [0.2, 0.25) is 0 Å². The van der Waals surface area contributed by atoms with Gasteiger partial charge in [0.1, 0.15) is 0 Å². The van der Waals surface area contributed by atoms with Crippen LogP contribution < -0.4 is 10.2 Å². The third kappa shape index (κ3) is 3.70. The van der Waals surface area contributed by atoms with E-state index in [1.807, 2.05) is 36.1 Å². The second-order valence-corrected chi connectivity index (χ2v) is 6.56. The van der Waals surface area contributed by atoms with Gasteiger partial charge in [-0.05, 0) is 55.7 Å². The van der Waals surface area contributed by atoms with Crippen molar-refractivity contribution < 1.29 is 4.79 Å². The van der Waals surface area contributed by atoms with Crippen molar-refractivity contribution in [3.63, 3.8) is 0 Å². The molecule has 0 aliphatic carbocycles. The van der Waals surface area contributed by atoms with Crippen molar-refractivity contribution in [3.05, 3.63) is 59.2 Å². The fourth-order valence-corrected chi connectivity index (χ4v) is 3.14. The van der Waals surface area contributed by atoms with E-state index >= 15 is 0 Å². The Hall–Kier alpha value is -2.49. The molecule has 0 aromatic heterocycles. The summed E-state index contributed by atoms with van der Waals surface area (Å²) in [5.41, 5.74) is 5.85. The van der Waals surface area contributed by atoms with Gasteiger partial charge in [-0.3, -0.25) is 0 Å². The molecule has 2 aromatic carbocycles. The van der Waals surface area contributed by atoms with Gasteiger partial charge >= 0.3 is 6.03 Å². The first-order valence-corrected chi connectivity index (χ1v) is 8.48. The number of rotatable bonds is 2. The minimum Gasteiger partial charge on any atom is -0.368 e. The number of nitrogens with zero attached hydrogens (tertiary/aromatic N) is 2. The smallest absolute Gasteiger partial charge is 0.321 e. The SMILES string of the molecule is Cc1cccc(NC(=O)N2CCN(c3cc(C)ccc3C)CC2)c1. The number of aryl methyl sites for hydroxylation is 3. The summed E-state index contributed by atoms with van der Waals surface area (Å²) >= 11 is 0. The van der Waals surface area contributed by atoms with Gasteiger partial charge < -0.3 is 15.1 Å². The molecular weight excluding hydrogens is 298 g/mol. The molecule has 1 saturated heterocycles. The number of nitrogens with one attached hydrogen (secondary N) is 1. The van der Waals surface area contributed by atoms with Crippen LogP contribution in [0.4, 0.5) is 16.2 Å². The predicted molar refractivity (Wildman–Crippen MR) is 99.9 cm³/mol. The van der Waals surface area contributed by atoms with Gasteiger partial charge in [-0.1, -0.05) is 24.3 Å². The molecule has 0 unspecified atom stereocenters. The lowest BCUT2D eigenvalue weighted by atomic mass is 10.1. The summed E-state index contributed by atoms with van der Waals surface area (Å²) in [6, 6.07) is 14.4. The molecule has 4 nitrogen and oxygen atoms in total. The summed E-state index contributed by atoms with van der Waals surface area (Å²) in [6.45, 7) is 9.51. The molecule has 0 atom stereocenters. The van der Waals surface area contributed by atoms with Crippen molar-refractivity contribution in [2.75, 3.05) is 36.4 Å². The Bertz CT molecular complexity index is 733. The maximum absolute atomic E-state index is 12.4. The van der Waals surface area contributed by atoms with E-state index in [1.54, 1.807) is 0 Å². The molecule has 3 rings (SSSR count). The highest BCUT2D eigenvalue weighted by molar-refractivity contribution is 5.89. The number of carbonyl (C=O) groups excluding carboxylic acids is 1. The van der Waals surface area contributed by atoms with Gasteiger partial charge in [0.25, 0.3) is 0 Å². The van der Waals surface area contributed by atoms with Crippen LogP contribution in [0.15, 0.2) is 42.5 Å². The van der Waals surface area contributed by atoms with Crippen LogP contribution in [0.5, 0.6) is 0 Å². The van der Waals surface area contributed by atoms with E-state index in [4.69, 9.17) is 0 Å². The number of anilines is 2. The van der Waals surface area contributed by atoms with Crippen molar-refractivity contribution in [2.24, 2.45) is 0 Å². The number of carbonyl (C=O) groups is 1. The fraction of sp³-hybridized carbons (Fsp3) is 0.350. The number of hydrogen-bond acceptors (Lipinski definition) is 2. The Kier molecular flexibility index (Phi) is 4.74. The van der Waals surface area contributed by atoms with E-state index in [2.05, 4.69) is 42.3 Å². The molecule has 1 aliphatic heterocycles. The first kappa shape index (κ1) is 16.4. The Morgan fingerprint density at radius 1 is 0.917 bits per heavy atom. The maximum atomic E-state index is 12.4. The molecule has 1 heterocycles. The van der Waals surface area contributed by atoms with E-state index < -0.39 is 0 Å². The van der Waals surface area contributed by atoms with Crippen LogP contribution >= 0.6 is 0 Å². The van der Waals surface area contributed by atoms with Crippen molar-refractivity contribution >= 4 is 17.4 Å². The largest absolute Gasteiger partial charge is 0.368 e. The average Bonchev–Trinajstić information content (AvgIpc) is 2.57. The van der Waals surface area contributed by atoms with Crippen molar-refractivity contribution in [2.45, 2.75) is 20.8 Å². The second kappa shape index (κ2) is 6.95. The van der Waals surface area contributed by atoms with Crippen LogP contribution in [-0.2, 0) is 0 Å². The zero-order valence-electron chi connectivity index (χ0n) is 14.7. The van der Waals surface area contributed by atoms with Crippen LogP contribution in [0.1, 0.15) is 16.7 Å². The second-order valence-electron chi connectivity index (χ2n) is 6.56. The lowest BCUT2D eigenvalue weighted by Crippen LogP contribution is -2.50. The Morgan fingerprint density at radius 3 is 2.33 bits per heavy atom. The number of piperazine rings is 1. The van der Waals surface area contributed by atoms with Gasteiger partial charge in [0.2, 0.25) is 0 Å². The van der Waals surface area contributed by atoms with Gasteiger partial charge in [0.15, 0.2) is 0 Å². The average molecular weight is 323 g/mol.